The number of likely N-dealkylation sites (N-methyl/N-ethyl adjacent to an activating group) is 1. The molecule has 1 aromatic heterocycles. The third kappa shape index (κ3) is 4.34. The number of hydrogen-bond donors (Lipinski definition) is 1. The molecule has 1 aliphatic rings. The van der Waals surface area contributed by atoms with Crippen molar-refractivity contribution in [2.45, 2.75) is 49.5 Å². The summed E-state index contributed by atoms with van der Waals surface area (Å²) in [5, 5.41) is 3.06. The van der Waals surface area contributed by atoms with Crippen molar-refractivity contribution in [3.05, 3.63) is 39.0 Å². The van der Waals surface area contributed by atoms with E-state index in [2.05, 4.69) is 5.32 Å². The fourth-order valence-electron chi connectivity index (χ4n) is 3.90. The second-order valence-electron chi connectivity index (χ2n) is 7.90. The zero-order valence-electron chi connectivity index (χ0n) is 17.6. The number of fused-ring (bicyclic) bond motifs is 1. The van der Waals surface area contributed by atoms with Crippen molar-refractivity contribution in [3.63, 3.8) is 0 Å². The molecular weight excluding hydrogens is 408 g/mol. The standard InChI is InChI=1S/C20H28N4O5S/c1-22(13-18(25)21-14-8-6-4-5-7-9-14)30(28,29)15-10-11-17-16(12-15)19(26)24(3)20(27)23(17)2/h10-12,14H,4-9,13H2,1-3H3,(H,21,25). The van der Waals surface area contributed by atoms with Crippen LogP contribution < -0.4 is 16.6 Å². The topological polar surface area (TPSA) is 110 Å². The average molecular weight is 437 g/mol. The number of benzene rings is 1. The van der Waals surface area contributed by atoms with Gasteiger partial charge in [0.05, 0.1) is 22.3 Å². The quantitative estimate of drug-likeness (QED) is 0.694. The maximum absolute atomic E-state index is 13.0. The van der Waals surface area contributed by atoms with Crippen molar-refractivity contribution >= 4 is 26.8 Å². The van der Waals surface area contributed by atoms with Gasteiger partial charge in [0.15, 0.2) is 0 Å². The Kier molecular flexibility index (Phi) is 6.47. The van der Waals surface area contributed by atoms with Crippen LogP contribution in [-0.4, -0.2) is 47.4 Å². The second-order valence-corrected chi connectivity index (χ2v) is 9.95. The fourth-order valence-corrected chi connectivity index (χ4v) is 5.05. The maximum Gasteiger partial charge on any atom is 0.330 e. The van der Waals surface area contributed by atoms with Crippen molar-refractivity contribution in [2.75, 3.05) is 13.6 Å². The molecule has 2 aromatic rings. The zero-order chi connectivity index (χ0) is 22.1. The summed E-state index contributed by atoms with van der Waals surface area (Å²) >= 11 is 0. The molecule has 0 atom stereocenters. The molecule has 0 spiro atoms. The van der Waals surface area contributed by atoms with E-state index in [1.807, 2.05) is 0 Å². The Labute approximate surface area is 175 Å². The normalized spacial score (nSPS) is 16.0. The summed E-state index contributed by atoms with van der Waals surface area (Å²) < 4.78 is 29.2. The van der Waals surface area contributed by atoms with Crippen LogP contribution in [0.25, 0.3) is 10.9 Å². The minimum Gasteiger partial charge on any atom is -0.352 e. The first kappa shape index (κ1) is 22.2. The van der Waals surface area contributed by atoms with E-state index in [4.69, 9.17) is 0 Å². The summed E-state index contributed by atoms with van der Waals surface area (Å²) in [6.45, 7) is -0.303. The van der Waals surface area contributed by atoms with Gasteiger partial charge in [-0.2, -0.15) is 4.31 Å². The van der Waals surface area contributed by atoms with Gasteiger partial charge in [-0.3, -0.25) is 18.7 Å². The number of carbonyl (C=O) groups excluding carboxylic acids is 1. The predicted octanol–water partition coefficient (Wildman–Crippen LogP) is 0.697. The third-order valence-electron chi connectivity index (χ3n) is 5.73. The molecule has 0 saturated heterocycles. The molecule has 1 saturated carbocycles. The van der Waals surface area contributed by atoms with E-state index in [1.54, 1.807) is 0 Å². The van der Waals surface area contributed by atoms with E-state index in [0.717, 1.165) is 47.4 Å². The smallest absolute Gasteiger partial charge is 0.330 e. The van der Waals surface area contributed by atoms with Crippen molar-refractivity contribution in [3.8, 4) is 0 Å². The van der Waals surface area contributed by atoms with Crippen LogP contribution >= 0.6 is 0 Å². The number of rotatable bonds is 5. The van der Waals surface area contributed by atoms with E-state index in [9.17, 15) is 22.8 Å². The van der Waals surface area contributed by atoms with Crippen molar-refractivity contribution < 1.29 is 13.2 Å². The average Bonchev–Trinajstić information content (AvgIpc) is 2.98. The molecule has 1 aliphatic carbocycles. The minimum atomic E-state index is -3.99. The summed E-state index contributed by atoms with van der Waals surface area (Å²) in [6, 6.07) is 4.12. The lowest BCUT2D eigenvalue weighted by molar-refractivity contribution is -0.121. The van der Waals surface area contributed by atoms with Gasteiger partial charge < -0.3 is 5.32 Å². The first-order chi connectivity index (χ1) is 14.1. The van der Waals surface area contributed by atoms with Gasteiger partial charge in [0.25, 0.3) is 5.56 Å². The van der Waals surface area contributed by atoms with Crippen LogP contribution in [0, 0.1) is 0 Å². The van der Waals surface area contributed by atoms with Crippen molar-refractivity contribution in [2.24, 2.45) is 14.1 Å². The largest absolute Gasteiger partial charge is 0.352 e. The Bertz CT molecular complexity index is 1170. The van der Waals surface area contributed by atoms with Crippen molar-refractivity contribution in [1.82, 2.24) is 18.8 Å². The molecule has 30 heavy (non-hydrogen) atoms. The summed E-state index contributed by atoms with van der Waals surface area (Å²) in [5.41, 5.74) is -0.717. The molecular formula is C20H28N4O5S. The molecule has 0 aliphatic heterocycles. The van der Waals surface area contributed by atoms with Gasteiger partial charge in [0.2, 0.25) is 15.9 Å². The van der Waals surface area contributed by atoms with Crippen molar-refractivity contribution in [1.29, 1.82) is 0 Å². The fraction of sp³-hybridized carbons (Fsp3) is 0.550. The number of aromatic nitrogens is 2. The van der Waals surface area contributed by atoms with E-state index >= 15 is 0 Å². The van der Waals surface area contributed by atoms with Gasteiger partial charge in [-0.15, -0.1) is 0 Å². The molecule has 3 rings (SSSR count). The monoisotopic (exact) mass is 436 g/mol. The van der Waals surface area contributed by atoms with Crippen LogP contribution in [0.4, 0.5) is 0 Å². The molecule has 1 heterocycles. The summed E-state index contributed by atoms with van der Waals surface area (Å²) in [4.78, 5) is 36.8. The molecule has 10 heteroatoms. The predicted molar refractivity (Wildman–Crippen MR) is 114 cm³/mol. The van der Waals surface area contributed by atoms with Gasteiger partial charge in [-0.25, -0.2) is 13.2 Å². The number of hydrogen-bond acceptors (Lipinski definition) is 5. The molecule has 0 unspecified atom stereocenters. The van der Waals surface area contributed by atoms with Crippen LogP contribution in [0.1, 0.15) is 38.5 Å². The summed E-state index contributed by atoms with van der Waals surface area (Å²) in [5.74, 6) is -0.341. The lowest BCUT2D eigenvalue weighted by Gasteiger charge is -2.20. The molecule has 0 bridgehead atoms. The number of sulfonamides is 1. The summed E-state index contributed by atoms with van der Waals surface area (Å²) in [6.07, 6.45) is 6.27. The third-order valence-corrected chi connectivity index (χ3v) is 7.53. The maximum atomic E-state index is 13.0. The van der Waals surface area contributed by atoms with Gasteiger partial charge in [-0.05, 0) is 31.0 Å². The zero-order valence-corrected chi connectivity index (χ0v) is 18.4. The Hall–Kier alpha value is -2.46. The molecule has 164 valence electrons. The number of nitrogens with zero attached hydrogens (tertiary/aromatic N) is 3. The number of carbonyl (C=O) groups is 1. The first-order valence-corrected chi connectivity index (χ1v) is 11.5. The van der Waals surface area contributed by atoms with Gasteiger partial charge in [0.1, 0.15) is 0 Å². The molecule has 1 fully saturated rings. The van der Waals surface area contributed by atoms with Crippen LogP contribution in [0.2, 0.25) is 0 Å². The SMILES string of the molecule is CN(CC(=O)NC1CCCCCC1)S(=O)(=O)c1ccc2c(c1)c(=O)n(C)c(=O)n2C. The van der Waals surface area contributed by atoms with E-state index in [1.165, 1.54) is 43.9 Å². The van der Waals surface area contributed by atoms with E-state index in [-0.39, 0.29) is 28.8 Å². The highest BCUT2D eigenvalue weighted by molar-refractivity contribution is 7.89. The Morgan fingerprint density at radius 2 is 1.73 bits per heavy atom. The highest BCUT2D eigenvalue weighted by Gasteiger charge is 2.25. The van der Waals surface area contributed by atoms with Gasteiger partial charge in [0, 0.05) is 27.2 Å². The number of amides is 1. The number of aryl methyl sites for hydroxylation is 1. The van der Waals surface area contributed by atoms with E-state index in [0.29, 0.717) is 5.52 Å². The highest BCUT2D eigenvalue weighted by atomic mass is 32.2. The molecule has 1 amide bonds. The Balaban J connectivity index is 1.83. The summed E-state index contributed by atoms with van der Waals surface area (Å²) in [7, 11) is 0.208. The molecule has 9 nitrogen and oxygen atoms in total. The van der Waals surface area contributed by atoms with Crippen LogP contribution in [0.15, 0.2) is 32.7 Å². The van der Waals surface area contributed by atoms with Gasteiger partial charge in [-0.1, -0.05) is 25.7 Å². The van der Waals surface area contributed by atoms with Crippen LogP contribution in [0.5, 0.6) is 0 Å². The second kappa shape index (κ2) is 8.73. The Morgan fingerprint density at radius 1 is 1.10 bits per heavy atom. The first-order valence-electron chi connectivity index (χ1n) is 10.1. The van der Waals surface area contributed by atoms with Gasteiger partial charge >= 0.3 is 5.69 Å². The minimum absolute atomic E-state index is 0.0843. The number of nitrogens with one attached hydrogen (secondary N) is 1. The highest BCUT2D eigenvalue weighted by Crippen LogP contribution is 2.19. The molecule has 1 N–H and O–H groups in total. The Morgan fingerprint density at radius 3 is 2.37 bits per heavy atom. The van der Waals surface area contributed by atoms with Crippen LogP contribution in [0.3, 0.4) is 0 Å². The van der Waals surface area contributed by atoms with Crippen LogP contribution in [-0.2, 0) is 28.9 Å². The molecule has 0 radical (unpaired) electrons. The van der Waals surface area contributed by atoms with E-state index < -0.39 is 21.3 Å². The lowest BCUT2D eigenvalue weighted by Crippen LogP contribution is -2.42. The lowest BCUT2D eigenvalue weighted by atomic mass is 10.1. The molecule has 1 aromatic carbocycles.